The van der Waals surface area contributed by atoms with Gasteiger partial charge in [-0.2, -0.15) is 0 Å². The first-order valence-electron chi connectivity index (χ1n) is 11.6. The Labute approximate surface area is 175 Å². The van der Waals surface area contributed by atoms with E-state index in [1.54, 1.807) is 0 Å². The van der Waals surface area contributed by atoms with Crippen molar-refractivity contribution in [3.05, 3.63) is 53.6 Å². The van der Waals surface area contributed by atoms with Crippen LogP contribution in [0.3, 0.4) is 0 Å². The van der Waals surface area contributed by atoms with Crippen molar-refractivity contribution in [3.8, 4) is 0 Å². The molecule has 3 aliphatic carbocycles. The summed E-state index contributed by atoms with van der Waals surface area (Å²) in [7, 11) is 0. The van der Waals surface area contributed by atoms with Crippen molar-refractivity contribution in [2.24, 2.45) is 17.8 Å². The van der Waals surface area contributed by atoms with Gasteiger partial charge in [-0.15, -0.1) is 0 Å². The molecule has 1 aromatic rings. The molecular formula is C26H34N2O. The van der Waals surface area contributed by atoms with Gasteiger partial charge in [0.25, 0.3) is 5.91 Å². The van der Waals surface area contributed by atoms with Crippen molar-refractivity contribution in [2.45, 2.75) is 57.4 Å². The van der Waals surface area contributed by atoms with Crippen LogP contribution in [0.5, 0.6) is 0 Å². The van der Waals surface area contributed by atoms with E-state index in [1.807, 2.05) is 13.8 Å². The minimum atomic E-state index is 0.0433. The lowest BCUT2D eigenvalue weighted by Crippen LogP contribution is -2.44. The predicted molar refractivity (Wildman–Crippen MR) is 119 cm³/mol. The van der Waals surface area contributed by atoms with Crippen LogP contribution in [-0.2, 0) is 10.2 Å². The molecule has 2 fully saturated rings. The van der Waals surface area contributed by atoms with Gasteiger partial charge in [0.2, 0.25) is 0 Å². The molecule has 1 aliphatic heterocycles. The van der Waals surface area contributed by atoms with Gasteiger partial charge in [-0.05, 0) is 87.9 Å². The van der Waals surface area contributed by atoms with Crippen molar-refractivity contribution in [1.29, 1.82) is 0 Å². The van der Waals surface area contributed by atoms with Crippen LogP contribution in [-0.4, -0.2) is 36.5 Å². The van der Waals surface area contributed by atoms with Gasteiger partial charge in [-0.3, -0.25) is 4.79 Å². The van der Waals surface area contributed by atoms with Crippen molar-refractivity contribution < 1.29 is 4.79 Å². The molecule has 154 valence electrons. The number of fused-ring (bicyclic) bond motifs is 4. The number of rotatable bonds is 4. The zero-order chi connectivity index (χ0) is 20.0. The van der Waals surface area contributed by atoms with Crippen LogP contribution in [0, 0.1) is 17.8 Å². The van der Waals surface area contributed by atoms with Gasteiger partial charge in [0, 0.05) is 23.6 Å². The summed E-state index contributed by atoms with van der Waals surface area (Å²) in [4.78, 5) is 15.5. The predicted octanol–water partition coefficient (Wildman–Crippen LogP) is 4.54. The van der Waals surface area contributed by atoms with Gasteiger partial charge in [0.05, 0.1) is 0 Å². The van der Waals surface area contributed by atoms with Gasteiger partial charge in [0.15, 0.2) is 0 Å². The third kappa shape index (κ3) is 3.48. The molecule has 0 radical (unpaired) electrons. The molecule has 1 heterocycles. The first-order valence-corrected chi connectivity index (χ1v) is 11.6. The second-order valence-electron chi connectivity index (χ2n) is 10.1. The molecule has 1 saturated carbocycles. The molecular weight excluding hydrogens is 356 g/mol. The Bertz CT molecular complexity index is 844. The Kier molecular flexibility index (Phi) is 4.90. The highest BCUT2D eigenvalue weighted by molar-refractivity contribution is 6.21. The Morgan fingerprint density at radius 2 is 1.97 bits per heavy atom. The number of allylic oxidation sites excluding steroid dienone is 3. The average Bonchev–Trinajstić information content (AvgIpc) is 3.25. The molecule has 2 bridgehead atoms. The number of nitrogens with zero attached hydrogens (tertiary/aromatic N) is 1. The Hall–Kier alpha value is -1.87. The van der Waals surface area contributed by atoms with Crippen LogP contribution < -0.4 is 5.32 Å². The molecule has 3 nitrogen and oxygen atoms in total. The van der Waals surface area contributed by atoms with Gasteiger partial charge in [0.1, 0.15) is 0 Å². The van der Waals surface area contributed by atoms with E-state index < -0.39 is 0 Å². The average molecular weight is 391 g/mol. The highest BCUT2D eigenvalue weighted by Gasteiger charge is 2.42. The number of benzene rings is 1. The SMILES string of the molecule is CC(C)NC(=O)C1=CC2(CCN(CC3CCC4C=CC3C4)CC2)c2ccccc21. The van der Waals surface area contributed by atoms with Gasteiger partial charge >= 0.3 is 0 Å². The first-order chi connectivity index (χ1) is 14.0. The van der Waals surface area contributed by atoms with E-state index in [9.17, 15) is 4.79 Å². The van der Waals surface area contributed by atoms with Crippen LogP contribution in [0.4, 0.5) is 0 Å². The molecule has 1 N–H and O–H groups in total. The van der Waals surface area contributed by atoms with Crippen LogP contribution >= 0.6 is 0 Å². The highest BCUT2D eigenvalue weighted by Crippen LogP contribution is 2.48. The summed E-state index contributed by atoms with van der Waals surface area (Å²) in [6.45, 7) is 7.59. The normalized spacial score (nSPS) is 29.9. The molecule has 3 unspecified atom stereocenters. The smallest absolute Gasteiger partial charge is 0.251 e. The van der Waals surface area contributed by atoms with Crippen molar-refractivity contribution in [1.82, 2.24) is 10.2 Å². The number of hydrogen-bond donors (Lipinski definition) is 1. The molecule has 1 spiro atoms. The monoisotopic (exact) mass is 390 g/mol. The molecule has 3 atom stereocenters. The zero-order valence-corrected chi connectivity index (χ0v) is 17.9. The lowest BCUT2D eigenvalue weighted by molar-refractivity contribution is -0.116. The maximum atomic E-state index is 12.8. The molecule has 1 saturated heterocycles. The minimum absolute atomic E-state index is 0.0433. The maximum Gasteiger partial charge on any atom is 0.251 e. The standard InChI is InChI=1S/C26H34N2O/c1-18(2)27-25(29)23-16-26(24-6-4-3-5-22(23)24)11-13-28(14-12-26)17-21-10-8-19-7-9-20(21)15-19/h3-7,9,16,18-21H,8,10-15,17H2,1-2H3,(H,27,29). The quantitative estimate of drug-likeness (QED) is 0.765. The number of likely N-dealkylation sites (tertiary alicyclic amines) is 1. The Morgan fingerprint density at radius 3 is 2.76 bits per heavy atom. The van der Waals surface area contributed by atoms with Crippen LogP contribution in [0.15, 0.2) is 42.5 Å². The number of nitrogens with one attached hydrogen (secondary N) is 1. The topological polar surface area (TPSA) is 32.3 Å². The summed E-state index contributed by atoms with van der Waals surface area (Å²) < 4.78 is 0. The van der Waals surface area contributed by atoms with E-state index in [0.717, 1.165) is 54.8 Å². The van der Waals surface area contributed by atoms with E-state index in [0.29, 0.717) is 0 Å². The van der Waals surface area contributed by atoms with Crippen molar-refractivity contribution in [2.75, 3.05) is 19.6 Å². The Balaban J connectivity index is 1.31. The van der Waals surface area contributed by atoms with Crippen LogP contribution in [0.1, 0.15) is 57.1 Å². The lowest BCUT2D eigenvalue weighted by atomic mass is 9.74. The number of carbonyl (C=O) groups is 1. The van der Waals surface area contributed by atoms with E-state index in [-0.39, 0.29) is 17.4 Å². The lowest BCUT2D eigenvalue weighted by Gasteiger charge is -2.41. The van der Waals surface area contributed by atoms with Crippen molar-refractivity contribution >= 4 is 11.5 Å². The number of hydrogen-bond acceptors (Lipinski definition) is 2. The van der Waals surface area contributed by atoms with E-state index >= 15 is 0 Å². The summed E-state index contributed by atoms with van der Waals surface area (Å²) in [6, 6.07) is 8.74. The van der Waals surface area contributed by atoms with Crippen LogP contribution in [0.2, 0.25) is 0 Å². The fourth-order valence-corrected chi connectivity index (χ4v) is 6.23. The molecule has 1 aromatic carbocycles. The summed E-state index contributed by atoms with van der Waals surface area (Å²) in [5.41, 5.74) is 3.44. The fourth-order valence-electron chi connectivity index (χ4n) is 6.23. The Morgan fingerprint density at radius 1 is 1.17 bits per heavy atom. The molecule has 29 heavy (non-hydrogen) atoms. The number of carbonyl (C=O) groups excluding carboxylic acids is 1. The first kappa shape index (κ1) is 19.1. The van der Waals surface area contributed by atoms with Crippen LogP contribution in [0.25, 0.3) is 5.57 Å². The second kappa shape index (κ2) is 7.43. The largest absolute Gasteiger partial charge is 0.350 e. The minimum Gasteiger partial charge on any atom is -0.350 e. The van der Waals surface area contributed by atoms with E-state index in [1.165, 1.54) is 31.4 Å². The number of amides is 1. The summed E-state index contributed by atoms with van der Waals surface area (Å²) >= 11 is 0. The van der Waals surface area contributed by atoms with E-state index in [4.69, 9.17) is 0 Å². The van der Waals surface area contributed by atoms with Crippen molar-refractivity contribution in [3.63, 3.8) is 0 Å². The summed E-state index contributed by atoms with van der Waals surface area (Å²) in [5, 5.41) is 3.10. The second-order valence-corrected chi connectivity index (χ2v) is 10.1. The highest BCUT2D eigenvalue weighted by atomic mass is 16.1. The van der Waals surface area contributed by atoms with E-state index in [2.05, 4.69) is 52.7 Å². The molecule has 3 heteroatoms. The molecule has 0 aromatic heterocycles. The van der Waals surface area contributed by atoms with Gasteiger partial charge in [-0.25, -0.2) is 0 Å². The third-order valence-electron chi connectivity index (χ3n) is 7.80. The fraction of sp³-hybridized carbons (Fsp3) is 0.577. The van der Waals surface area contributed by atoms with Gasteiger partial charge < -0.3 is 10.2 Å². The zero-order valence-electron chi connectivity index (χ0n) is 17.9. The summed E-state index contributed by atoms with van der Waals surface area (Å²) in [6.07, 6.45) is 13.7. The third-order valence-corrected chi connectivity index (χ3v) is 7.80. The number of piperidine rings is 1. The summed E-state index contributed by atoms with van der Waals surface area (Å²) in [5.74, 6) is 2.62. The van der Waals surface area contributed by atoms with Gasteiger partial charge in [-0.1, -0.05) is 42.5 Å². The molecule has 1 amide bonds. The molecule has 5 rings (SSSR count). The maximum absolute atomic E-state index is 12.8. The molecule has 4 aliphatic rings.